The van der Waals surface area contributed by atoms with E-state index in [9.17, 15) is 15.3 Å². The lowest BCUT2D eigenvalue weighted by molar-refractivity contribution is -0.112. The molecule has 1 aromatic rings. The van der Waals surface area contributed by atoms with Gasteiger partial charge in [-0.3, -0.25) is 0 Å². The molecule has 1 fully saturated rings. The van der Waals surface area contributed by atoms with Crippen molar-refractivity contribution in [1.29, 1.82) is 10.5 Å². The maximum Gasteiger partial charge on any atom is 0.218 e. The highest BCUT2D eigenvalue weighted by Crippen LogP contribution is 2.53. The Morgan fingerprint density at radius 3 is 2.68 bits per heavy atom. The maximum absolute atomic E-state index is 11.8. The zero-order chi connectivity index (χ0) is 15.7. The van der Waals surface area contributed by atoms with Gasteiger partial charge in [0.25, 0.3) is 0 Å². The third-order valence-electron chi connectivity index (χ3n) is 4.90. The van der Waals surface area contributed by atoms with Gasteiger partial charge in [-0.2, -0.15) is 10.5 Å². The van der Waals surface area contributed by atoms with Gasteiger partial charge >= 0.3 is 0 Å². The molecule has 2 aliphatic heterocycles. The van der Waals surface area contributed by atoms with Crippen LogP contribution in [0.15, 0.2) is 30.5 Å². The summed E-state index contributed by atoms with van der Waals surface area (Å²) in [5.41, 5.74) is 0.809. The summed E-state index contributed by atoms with van der Waals surface area (Å²) in [4.78, 5) is 13.6. The first-order valence-electron chi connectivity index (χ1n) is 7.56. The Morgan fingerprint density at radius 2 is 2.05 bits per heavy atom. The molecule has 1 aromatic carbocycles. The van der Waals surface area contributed by atoms with E-state index in [1.807, 2.05) is 43.5 Å². The van der Waals surface area contributed by atoms with Crippen molar-refractivity contribution in [2.24, 2.45) is 11.8 Å². The first-order chi connectivity index (χ1) is 10.7. The van der Waals surface area contributed by atoms with Crippen molar-refractivity contribution in [3.05, 3.63) is 41.6 Å². The highest BCUT2D eigenvalue weighted by Gasteiger charge is 2.59. The number of carbonyl (C=O) groups excluding carboxylic acids is 1. The minimum absolute atomic E-state index is 0.227. The Morgan fingerprint density at radius 1 is 1.32 bits per heavy atom. The van der Waals surface area contributed by atoms with Crippen LogP contribution in [-0.4, -0.2) is 16.7 Å². The molecule has 3 atom stereocenters. The SMILES string of the molecule is CCC[C@@H]1[C@@H](C=O)[C@@H]2c3ccccc3C=CN2C1(C#N)C#N. The minimum Gasteiger partial charge on any atom is -0.340 e. The summed E-state index contributed by atoms with van der Waals surface area (Å²) in [6, 6.07) is 12.1. The molecule has 1 saturated heterocycles. The zero-order valence-corrected chi connectivity index (χ0v) is 12.4. The molecule has 0 bridgehead atoms. The van der Waals surface area contributed by atoms with E-state index in [0.717, 1.165) is 23.8 Å². The van der Waals surface area contributed by atoms with Gasteiger partial charge in [-0.05, 0) is 23.6 Å². The van der Waals surface area contributed by atoms with Gasteiger partial charge < -0.3 is 9.69 Å². The van der Waals surface area contributed by atoms with Gasteiger partial charge in [0.2, 0.25) is 5.54 Å². The lowest BCUT2D eigenvalue weighted by atomic mass is 9.77. The second-order valence-corrected chi connectivity index (χ2v) is 5.90. The molecular formula is C18H17N3O. The van der Waals surface area contributed by atoms with E-state index in [4.69, 9.17) is 0 Å². The summed E-state index contributed by atoms with van der Waals surface area (Å²) in [5, 5.41) is 19.5. The summed E-state index contributed by atoms with van der Waals surface area (Å²) >= 11 is 0. The van der Waals surface area contributed by atoms with Crippen molar-refractivity contribution in [3.8, 4) is 12.1 Å². The molecule has 0 radical (unpaired) electrons. The number of rotatable bonds is 3. The number of benzene rings is 1. The predicted molar refractivity (Wildman–Crippen MR) is 82.0 cm³/mol. The van der Waals surface area contributed by atoms with Crippen LogP contribution in [0.4, 0.5) is 0 Å². The maximum atomic E-state index is 11.8. The highest BCUT2D eigenvalue weighted by molar-refractivity contribution is 5.66. The van der Waals surface area contributed by atoms with Gasteiger partial charge in [-0.1, -0.05) is 37.6 Å². The van der Waals surface area contributed by atoms with Crippen molar-refractivity contribution in [2.45, 2.75) is 31.3 Å². The molecular weight excluding hydrogens is 274 g/mol. The molecule has 0 spiro atoms. The van der Waals surface area contributed by atoms with Crippen LogP contribution in [0, 0.1) is 34.5 Å². The normalized spacial score (nSPS) is 27.4. The second kappa shape index (κ2) is 5.31. The first kappa shape index (κ1) is 14.4. The van der Waals surface area contributed by atoms with Crippen molar-refractivity contribution in [3.63, 3.8) is 0 Å². The fourth-order valence-corrected chi connectivity index (χ4v) is 3.94. The lowest BCUT2D eigenvalue weighted by Gasteiger charge is -2.35. The van der Waals surface area contributed by atoms with E-state index in [-0.39, 0.29) is 17.9 Å². The largest absolute Gasteiger partial charge is 0.340 e. The third-order valence-corrected chi connectivity index (χ3v) is 4.90. The van der Waals surface area contributed by atoms with Gasteiger partial charge in [0, 0.05) is 18.0 Å². The lowest BCUT2D eigenvalue weighted by Crippen LogP contribution is -2.44. The van der Waals surface area contributed by atoms with Crippen LogP contribution in [0.5, 0.6) is 0 Å². The number of nitrogens with zero attached hydrogens (tertiary/aromatic N) is 3. The molecule has 0 amide bonds. The van der Waals surface area contributed by atoms with Gasteiger partial charge in [0.15, 0.2) is 0 Å². The molecule has 0 aliphatic carbocycles. The molecule has 0 N–H and O–H groups in total. The van der Waals surface area contributed by atoms with E-state index in [0.29, 0.717) is 6.42 Å². The molecule has 3 rings (SSSR count). The molecule has 22 heavy (non-hydrogen) atoms. The monoisotopic (exact) mass is 291 g/mol. The van der Waals surface area contributed by atoms with Crippen LogP contribution < -0.4 is 0 Å². The molecule has 0 aromatic heterocycles. The third kappa shape index (κ3) is 1.71. The van der Waals surface area contributed by atoms with Gasteiger partial charge in [-0.15, -0.1) is 0 Å². The van der Waals surface area contributed by atoms with Gasteiger partial charge in [0.1, 0.15) is 18.4 Å². The summed E-state index contributed by atoms with van der Waals surface area (Å²) in [6.45, 7) is 2.02. The van der Waals surface area contributed by atoms with E-state index >= 15 is 0 Å². The van der Waals surface area contributed by atoms with E-state index < -0.39 is 5.54 Å². The molecule has 2 heterocycles. The van der Waals surface area contributed by atoms with Crippen molar-refractivity contribution in [1.82, 2.24) is 4.90 Å². The number of hydrogen-bond donors (Lipinski definition) is 0. The minimum atomic E-state index is -1.27. The van der Waals surface area contributed by atoms with Crippen LogP contribution in [0.2, 0.25) is 0 Å². The van der Waals surface area contributed by atoms with Crippen molar-refractivity contribution >= 4 is 12.4 Å². The average molecular weight is 291 g/mol. The fourth-order valence-electron chi connectivity index (χ4n) is 3.94. The number of carbonyl (C=O) groups is 1. The van der Waals surface area contributed by atoms with E-state index in [1.165, 1.54) is 0 Å². The zero-order valence-electron chi connectivity index (χ0n) is 12.4. The first-order valence-corrected chi connectivity index (χ1v) is 7.56. The Bertz CT molecular complexity index is 696. The van der Waals surface area contributed by atoms with Gasteiger partial charge in [-0.25, -0.2) is 0 Å². The van der Waals surface area contributed by atoms with Gasteiger partial charge in [0.05, 0.1) is 6.04 Å². The molecule has 2 aliphatic rings. The summed E-state index contributed by atoms with van der Waals surface area (Å²) in [6.07, 6.45) is 6.20. The van der Waals surface area contributed by atoms with E-state index in [2.05, 4.69) is 12.1 Å². The quantitative estimate of drug-likeness (QED) is 0.803. The second-order valence-electron chi connectivity index (χ2n) is 5.90. The molecule has 0 saturated carbocycles. The molecule has 4 nitrogen and oxygen atoms in total. The molecule has 4 heteroatoms. The van der Waals surface area contributed by atoms with Crippen molar-refractivity contribution in [2.75, 3.05) is 0 Å². The topological polar surface area (TPSA) is 67.9 Å². The molecule has 0 unspecified atom stereocenters. The molecule has 110 valence electrons. The Hall–Kier alpha value is -2.59. The van der Waals surface area contributed by atoms with Crippen molar-refractivity contribution < 1.29 is 4.79 Å². The predicted octanol–water partition coefficient (Wildman–Crippen LogP) is 3.04. The number of fused-ring (bicyclic) bond motifs is 3. The summed E-state index contributed by atoms with van der Waals surface area (Å²) < 4.78 is 0. The average Bonchev–Trinajstić information content (AvgIpc) is 2.85. The summed E-state index contributed by atoms with van der Waals surface area (Å²) in [7, 11) is 0. The summed E-state index contributed by atoms with van der Waals surface area (Å²) in [5.74, 6) is -0.615. The smallest absolute Gasteiger partial charge is 0.218 e. The Labute approximate surface area is 130 Å². The Balaban J connectivity index is 2.21. The number of nitriles is 2. The van der Waals surface area contributed by atoms with Crippen LogP contribution in [0.1, 0.15) is 36.9 Å². The van der Waals surface area contributed by atoms with Crippen LogP contribution in [-0.2, 0) is 4.79 Å². The standard InChI is InChI=1S/C18H17N3O/c1-2-5-16-15(10-22)17-14-7-4-3-6-13(14)8-9-21(17)18(16,11-19)12-20/h3-4,6-10,15-17H,2,5H2,1H3/t15-,16-,17+/m1/s1. The van der Waals surface area contributed by atoms with Crippen LogP contribution in [0.3, 0.4) is 0 Å². The number of aldehydes is 1. The highest BCUT2D eigenvalue weighted by atomic mass is 16.1. The van der Waals surface area contributed by atoms with Crippen LogP contribution >= 0.6 is 0 Å². The fraction of sp³-hybridized carbons (Fsp3) is 0.389. The number of hydrogen-bond acceptors (Lipinski definition) is 4. The Kier molecular flexibility index (Phi) is 3.47. The van der Waals surface area contributed by atoms with Crippen LogP contribution in [0.25, 0.3) is 6.08 Å². The van der Waals surface area contributed by atoms with E-state index in [1.54, 1.807) is 4.90 Å².